The van der Waals surface area contributed by atoms with Gasteiger partial charge in [0.2, 0.25) is 0 Å². The predicted octanol–water partition coefficient (Wildman–Crippen LogP) is 1.56. The normalized spacial score (nSPS) is 9.83. The number of nitrogens with one attached hydrogen (secondary N) is 2. The van der Waals surface area contributed by atoms with Gasteiger partial charge in [0.15, 0.2) is 0 Å². The van der Waals surface area contributed by atoms with Crippen molar-refractivity contribution in [3.8, 4) is 0 Å². The van der Waals surface area contributed by atoms with Crippen LogP contribution in [0.2, 0.25) is 0 Å². The number of nitrogens with zero attached hydrogens (tertiary/aromatic N) is 3. The van der Waals surface area contributed by atoms with Crippen LogP contribution in [0.3, 0.4) is 0 Å². The molecule has 18 heavy (non-hydrogen) atoms. The topological polar surface area (TPSA) is 79.8 Å². The molecule has 0 radical (unpaired) electrons. The lowest BCUT2D eigenvalue weighted by atomic mass is 10.3. The number of carbonyl (C=O) groups excluding carboxylic acids is 1. The van der Waals surface area contributed by atoms with Crippen molar-refractivity contribution in [3.63, 3.8) is 0 Å². The Morgan fingerprint density at radius 1 is 1.22 bits per heavy atom. The number of carbonyl (C=O) groups is 1. The second-order valence-corrected chi connectivity index (χ2v) is 3.51. The molecule has 92 valence electrons. The van der Waals surface area contributed by atoms with E-state index in [4.69, 9.17) is 0 Å². The SMILES string of the molecule is CCNc1cnc(C(=O)Nc2ccncc2)cn1. The predicted molar refractivity (Wildman–Crippen MR) is 68.4 cm³/mol. The summed E-state index contributed by atoms with van der Waals surface area (Å²) >= 11 is 0. The zero-order valence-corrected chi connectivity index (χ0v) is 9.92. The molecule has 2 rings (SSSR count). The first-order valence-corrected chi connectivity index (χ1v) is 5.57. The maximum absolute atomic E-state index is 11.8. The molecule has 0 bridgehead atoms. The minimum atomic E-state index is -0.295. The van der Waals surface area contributed by atoms with Crippen LogP contribution in [-0.2, 0) is 0 Å². The maximum Gasteiger partial charge on any atom is 0.275 e. The molecule has 0 saturated heterocycles. The van der Waals surface area contributed by atoms with Crippen molar-refractivity contribution >= 4 is 17.4 Å². The third-order valence-electron chi connectivity index (χ3n) is 2.18. The van der Waals surface area contributed by atoms with Crippen LogP contribution < -0.4 is 10.6 Å². The molecule has 0 unspecified atom stereocenters. The molecule has 6 heteroatoms. The molecule has 6 nitrogen and oxygen atoms in total. The van der Waals surface area contributed by atoms with E-state index in [-0.39, 0.29) is 11.6 Å². The molecule has 2 N–H and O–H groups in total. The molecule has 2 aromatic rings. The van der Waals surface area contributed by atoms with Crippen LogP contribution in [-0.4, -0.2) is 27.4 Å². The lowest BCUT2D eigenvalue weighted by Gasteiger charge is -2.05. The van der Waals surface area contributed by atoms with Crippen molar-refractivity contribution in [2.75, 3.05) is 17.2 Å². The van der Waals surface area contributed by atoms with Crippen LogP contribution in [0.5, 0.6) is 0 Å². The Labute approximate surface area is 105 Å². The van der Waals surface area contributed by atoms with E-state index in [0.29, 0.717) is 11.5 Å². The average molecular weight is 243 g/mol. The molecule has 0 fully saturated rings. The van der Waals surface area contributed by atoms with Gasteiger partial charge in [-0.05, 0) is 19.1 Å². The summed E-state index contributed by atoms with van der Waals surface area (Å²) in [6, 6.07) is 3.41. The smallest absolute Gasteiger partial charge is 0.275 e. The summed E-state index contributed by atoms with van der Waals surface area (Å²) in [5.74, 6) is 0.356. The number of rotatable bonds is 4. The minimum Gasteiger partial charge on any atom is -0.369 e. The highest BCUT2D eigenvalue weighted by Crippen LogP contribution is 2.06. The van der Waals surface area contributed by atoms with Crippen LogP contribution in [0.1, 0.15) is 17.4 Å². The van der Waals surface area contributed by atoms with Gasteiger partial charge < -0.3 is 10.6 Å². The van der Waals surface area contributed by atoms with E-state index in [0.717, 1.165) is 6.54 Å². The van der Waals surface area contributed by atoms with Crippen molar-refractivity contribution in [2.45, 2.75) is 6.92 Å². The summed E-state index contributed by atoms with van der Waals surface area (Å²) in [6.07, 6.45) is 6.19. The third kappa shape index (κ3) is 3.00. The van der Waals surface area contributed by atoms with Crippen LogP contribution >= 0.6 is 0 Å². The van der Waals surface area contributed by atoms with Crippen molar-refractivity contribution < 1.29 is 4.79 Å². The second-order valence-electron chi connectivity index (χ2n) is 3.51. The Morgan fingerprint density at radius 3 is 2.61 bits per heavy atom. The van der Waals surface area contributed by atoms with Gasteiger partial charge in [-0.15, -0.1) is 0 Å². The van der Waals surface area contributed by atoms with Gasteiger partial charge in [-0.2, -0.15) is 0 Å². The summed E-state index contributed by atoms with van der Waals surface area (Å²) in [5.41, 5.74) is 0.945. The molecule has 1 amide bonds. The quantitative estimate of drug-likeness (QED) is 0.851. The highest BCUT2D eigenvalue weighted by Gasteiger charge is 2.07. The summed E-state index contributed by atoms with van der Waals surface area (Å²) in [7, 11) is 0. The monoisotopic (exact) mass is 243 g/mol. The number of pyridine rings is 1. The van der Waals surface area contributed by atoms with E-state index in [9.17, 15) is 4.79 Å². The first kappa shape index (κ1) is 12.0. The van der Waals surface area contributed by atoms with Gasteiger partial charge in [-0.3, -0.25) is 9.78 Å². The largest absolute Gasteiger partial charge is 0.369 e. The molecule has 0 atom stereocenters. The summed E-state index contributed by atoms with van der Waals surface area (Å²) in [5, 5.41) is 5.72. The van der Waals surface area contributed by atoms with Gasteiger partial charge in [-0.1, -0.05) is 0 Å². The van der Waals surface area contributed by atoms with Crippen molar-refractivity contribution in [3.05, 3.63) is 42.6 Å². The fraction of sp³-hybridized carbons (Fsp3) is 0.167. The maximum atomic E-state index is 11.8. The Hall–Kier alpha value is -2.50. The van der Waals surface area contributed by atoms with Gasteiger partial charge in [-0.25, -0.2) is 9.97 Å². The number of anilines is 2. The number of amides is 1. The fourth-order valence-electron chi connectivity index (χ4n) is 1.35. The third-order valence-corrected chi connectivity index (χ3v) is 2.18. The zero-order chi connectivity index (χ0) is 12.8. The molecule has 2 aromatic heterocycles. The van der Waals surface area contributed by atoms with Crippen LogP contribution in [0.25, 0.3) is 0 Å². The lowest BCUT2D eigenvalue weighted by molar-refractivity contribution is 0.102. The summed E-state index contributed by atoms with van der Waals surface area (Å²) in [6.45, 7) is 2.73. The molecular formula is C12H13N5O. The van der Waals surface area contributed by atoms with E-state index < -0.39 is 0 Å². The van der Waals surface area contributed by atoms with E-state index in [1.807, 2.05) is 6.92 Å². The van der Waals surface area contributed by atoms with Gasteiger partial charge >= 0.3 is 0 Å². The summed E-state index contributed by atoms with van der Waals surface area (Å²) in [4.78, 5) is 23.8. The first-order valence-electron chi connectivity index (χ1n) is 5.57. The number of hydrogen-bond acceptors (Lipinski definition) is 5. The zero-order valence-electron chi connectivity index (χ0n) is 9.92. The molecule has 0 aromatic carbocycles. The summed E-state index contributed by atoms with van der Waals surface area (Å²) < 4.78 is 0. The van der Waals surface area contributed by atoms with E-state index in [1.54, 1.807) is 24.5 Å². The molecule has 0 aliphatic carbocycles. The molecule has 0 aliphatic rings. The standard InChI is InChI=1S/C12H13N5O/c1-2-14-11-8-15-10(7-16-11)12(18)17-9-3-5-13-6-4-9/h3-8H,2H2,1H3,(H,14,16)(H,13,17,18). The van der Waals surface area contributed by atoms with Gasteiger partial charge in [0.25, 0.3) is 5.91 Å². The fourth-order valence-corrected chi connectivity index (χ4v) is 1.35. The van der Waals surface area contributed by atoms with Gasteiger partial charge in [0, 0.05) is 24.6 Å². The van der Waals surface area contributed by atoms with Gasteiger partial charge in [0.05, 0.1) is 12.4 Å². The highest BCUT2D eigenvalue weighted by molar-refractivity contribution is 6.02. The molecular weight excluding hydrogens is 230 g/mol. The van der Waals surface area contributed by atoms with E-state index in [1.165, 1.54) is 12.4 Å². The molecule has 2 heterocycles. The van der Waals surface area contributed by atoms with Crippen LogP contribution in [0.15, 0.2) is 36.9 Å². The Bertz CT molecular complexity index is 512. The van der Waals surface area contributed by atoms with E-state index in [2.05, 4.69) is 25.6 Å². The lowest BCUT2D eigenvalue weighted by Crippen LogP contribution is -2.14. The Morgan fingerprint density at radius 2 is 2.00 bits per heavy atom. The van der Waals surface area contributed by atoms with Crippen molar-refractivity contribution in [1.82, 2.24) is 15.0 Å². The molecule has 0 aliphatic heterocycles. The number of hydrogen-bond donors (Lipinski definition) is 2. The molecule has 0 saturated carbocycles. The average Bonchev–Trinajstić information content (AvgIpc) is 2.41. The van der Waals surface area contributed by atoms with Crippen LogP contribution in [0.4, 0.5) is 11.5 Å². The van der Waals surface area contributed by atoms with E-state index >= 15 is 0 Å². The second kappa shape index (κ2) is 5.72. The van der Waals surface area contributed by atoms with Gasteiger partial charge in [0.1, 0.15) is 11.5 Å². The Kier molecular flexibility index (Phi) is 3.80. The van der Waals surface area contributed by atoms with Crippen LogP contribution in [0, 0.1) is 0 Å². The highest BCUT2D eigenvalue weighted by atomic mass is 16.1. The van der Waals surface area contributed by atoms with Crippen molar-refractivity contribution in [2.24, 2.45) is 0 Å². The van der Waals surface area contributed by atoms with Crippen molar-refractivity contribution in [1.29, 1.82) is 0 Å². The minimum absolute atomic E-state index is 0.272. The molecule has 0 spiro atoms. The Balaban J connectivity index is 2.05. The number of aromatic nitrogens is 3. The first-order chi connectivity index (χ1) is 8.79.